The summed E-state index contributed by atoms with van der Waals surface area (Å²) in [4.78, 5) is 0. The van der Waals surface area contributed by atoms with E-state index < -0.39 is 11.6 Å². The Labute approximate surface area is 201 Å². The Kier molecular flexibility index (Phi) is 8.69. The van der Waals surface area contributed by atoms with Crippen molar-refractivity contribution in [3.8, 4) is 0 Å². The first-order valence-electron chi connectivity index (χ1n) is 14.1. The van der Waals surface area contributed by atoms with Crippen LogP contribution in [0.5, 0.6) is 0 Å². The minimum atomic E-state index is -0.706. The molecule has 4 rings (SSSR count). The largest absolute Gasteiger partial charge is 0.203 e. The van der Waals surface area contributed by atoms with E-state index in [0.717, 1.165) is 36.0 Å². The molecule has 0 spiro atoms. The van der Waals surface area contributed by atoms with E-state index in [1.807, 2.05) is 6.92 Å². The van der Waals surface area contributed by atoms with Gasteiger partial charge in [0.05, 0.1) is 0 Å². The van der Waals surface area contributed by atoms with Crippen LogP contribution in [0.3, 0.4) is 0 Å². The molecular formula is C31H46F2. The van der Waals surface area contributed by atoms with Crippen LogP contribution in [0.4, 0.5) is 8.78 Å². The summed E-state index contributed by atoms with van der Waals surface area (Å²) in [6.45, 7) is 8.13. The van der Waals surface area contributed by atoms with Crippen molar-refractivity contribution < 1.29 is 8.78 Å². The van der Waals surface area contributed by atoms with E-state index in [1.165, 1.54) is 77.0 Å². The first-order chi connectivity index (χ1) is 16.0. The molecule has 0 N–H and O–H groups in total. The van der Waals surface area contributed by atoms with E-state index in [1.54, 1.807) is 12.1 Å². The standard InChI is InChI=1S/C31H46F2/c1-4-6-23-10-14-28-20-27(16-15-26(28)19-23)24-11-7-22(8-12-24)9-13-25-17-18-29(21(3)5-2)31(33)30(25)32/h17-18,22-24,26-28H,3-16,19-20H2,1-2H3. The van der Waals surface area contributed by atoms with Gasteiger partial charge in [-0.25, -0.2) is 8.78 Å². The van der Waals surface area contributed by atoms with E-state index >= 15 is 0 Å². The smallest absolute Gasteiger partial charge is 0.166 e. The topological polar surface area (TPSA) is 0 Å². The molecule has 4 unspecified atom stereocenters. The number of fused-ring (bicyclic) bond motifs is 1. The van der Waals surface area contributed by atoms with Gasteiger partial charge in [0.15, 0.2) is 11.6 Å². The second-order valence-corrected chi connectivity index (χ2v) is 11.7. The Morgan fingerprint density at radius 2 is 1.36 bits per heavy atom. The Morgan fingerprint density at radius 1 is 0.758 bits per heavy atom. The summed E-state index contributed by atoms with van der Waals surface area (Å²) in [6.07, 6.45) is 19.3. The van der Waals surface area contributed by atoms with Crippen molar-refractivity contribution in [3.05, 3.63) is 41.5 Å². The number of halogens is 2. The number of rotatable bonds is 8. The summed E-state index contributed by atoms with van der Waals surface area (Å²) in [5.41, 5.74) is 1.55. The predicted molar refractivity (Wildman–Crippen MR) is 136 cm³/mol. The molecule has 1 aromatic rings. The highest BCUT2D eigenvalue weighted by atomic mass is 19.2. The highest BCUT2D eigenvalue weighted by molar-refractivity contribution is 5.64. The van der Waals surface area contributed by atoms with Gasteiger partial charge in [-0.1, -0.05) is 64.7 Å². The third-order valence-electron chi connectivity index (χ3n) is 9.81. The van der Waals surface area contributed by atoms with Crippen LogP contribution in [-0.4, -0.2) is 0 Å². The van der Waals surface area contributed by atoms with Crippen LogP contribution in [0, 0.1) is 47.1 Å². The number of benzene rings is 1. The lowest BCUT2D eigenvalue weighted by atomic mass is 9.60. The predicted octanol–water partition coefficient (Wildman–Crippen LogP) is 9.76. The summed E-state index contributed by atoms with van der Waals surface area (Å²) < 4.78 is 29.1. The fourth-order valence-electron chi connectivity index (χ4n) is 7.68. The molecule has 0 aromatic heterocycles. The molecule has 0 amide bonds. The lowest BCUT2D eigenvalue weighted by molar-refractivity contribution is 0.0579. The zero-order valence-corrected chi connectivity index (χ0v) is 21.2. The molecule has 4 atom stereocenters. The van der Waals surface area contributed by atoms with Crippen LogP contribution < -0.4 is 0 Å². The van der Waals surface area contributed by atoms with Crippen molar-refractivity contribution in [2.24, 2.45) is 35.5 Å². The van der Waals surface area contributed by atoms with Crippen LogP contribution in [0.15, 0.2) is 18.7 Å². The van der Waals surface area contributed by atoms with Crippen molar-refractivity contribution in [2.45, 2.75) is 110 Å². The van der Waals surface area contributed by atoms with Gasteiger partial charge in [0.2, 0.25) is 0 Å². The van der Waals surface area contributed by atoms with Crippen LogP contribution in [0.2, 0.25) is 0 Å². The molecule has 3 aliphatic rings. The average molecular weight is 457 g/mol. The van der Waals surface area contributed by atoms with Crippen molar-refractivity contribution in [1.29, 1.82) is 0 Å². The minimum Gasteiger partial charge on any atom is -0.203 e. The highest BCUT2D eigenvalue weighted by Crippen LogP contribution is 2.49. The Hall–Kier alpha value is -1.18. The van der Waals surface area contributed by atoms with Crippen LogP contribution in [0.25, 0.3) is 5.57 Å². The Bertz CT molecular complexity index is 788. The average Bonchev–Trinajstić information content (AvgIpc) is 2.84. The van der Waals surface area contributed by atoms with Gasteiger partial charge in [-0.2, -0.15) is 0 Å². The first kappa shape index (κ1) is 24.9. The van der Waals surface area contributed by atoms with Crippen molar-refractivity contribution in [1.82, 2.24) is 0 Å². The fraction of sp³-hybridized carbons (Fsp3) is 0.742. The van der Waals surface area contributed by atoms with Crippen molar-refractivity contribution in [2.75, 3.05) is 0 Å². The molecule has 0 aliphatic heterocycles. The van der Waals surface area contributed by atoms with Gasteiger partial charge in [0, 0.05) is 5.56 Å². The van der Waals surface area contributed by atoms with E-state index in [2.05, 4.69) is 13.5 Å². The Balaban J connectivity index is 1.22. The summed E-state index contributed by atoms with van der Waals surface area (Å²) in [6, 6.07) is 3.51. The molecule has 1 aromatic carbocycles. The molecule has 0 radical (unpaired) electrons. The number of aryl methyl sites for hydroxylation is 1. The van der Waals surface area contributed by atoms with Crippen LogP contribution in [0.1, 0.15) is 115 Å². The van der Waals surface area contributed by atoms with Gasteiger partial charge < -0.3 is 0 Å². The maximum Gasteiger partial charge on any atom is 0.166 e. The molecule has 3 aliphatic carbocycles. The van der Waals surface area contributed by atoms with E-state index in [-0.39, 0.29) is 0 Å². The summed E-state index contributed by atoms with van der Waals surface area (Å²) in [5, 5.41) is 0. The molecule has 0 saturated heterocycles. The van der Waals surface area contributed by atoms with Gasteiger partial charge >= 0.3 is 0 Å². The van der Waals surface area contributed by atoms with E-state index in [0.29, 0.717) is 35.5 Å². The van der Waals surface area contributed by atoms with Crippen LogP contribution in [-0.2, 0) is 6.42 Å². The molecule has 184 valence electrons. The summed E-state index contributed by atoms with van der Waals surface area (Å²) >= 11 is 0. The van der Waals surface area contributed by atoms with Crippen LogP contribution >= 0.6 is 0 Å². The zero-order valence-electron chi connectivity index (χ0n) is 21.2. The van der Waals surface area contributed by atoms with Gasteiger partial charge in [-0.05, 0) is 111 Å². The quantitative estimate of drug-likeness (QED) is 0.365. The second-order valence-electron chi connectivity index (χ2n) is 11.7. The van der Waals surface area contributed by atoms with Gasteiger partial charge in [-0.3, -0.25) is 0 Å². The third-order valence-corrected chi connectivity index (χ3v) is 9.81. The molecule has 0 bridgehead atoms. The van der Waals surface area contributed by atoms with E-state index in [9.17, 15) is 8.78 Å². The first-order valence-corrected chi connectivity index (χ1v) is 14.1. The molecule has 3 saturated carbocycles. The lowest BCUT2D eigenvalue weighted by Gasteiger charge is -2.45. The molecular weight excluding hydrogens is 410 g/mol. The summed E-state index contributed by atoms with van der Waals surface area (Å²) in [5.74, 6) is 4.25. The fourth-order valence-corrected chi connectivity index (χ4v) is 7.68. The zero-order chi connectivity index (χ0) is 23.4. The molecule has 0 nitrogen and oxygen atoms in total. The van der Waals surface area contributed by atoms with Crippen molar-refractivity contribution in [3.63, 3.8) is 0 Å². The number of hydrogen-bond acceptors (Lipinski definition) is 0. The monoisotopic (exact) mass is 456 g/mol. The highest BCUT2D eigenvalue weighted by Gasteiger charge is 2.38. The normalized spacial score (nSPS) is 32.4. The van der Waals surface area contributed by atoms with Gasteiger partial charge in [0.25, 0.3) is 0 Å². The van der Waals surface area contributed by atoms with Crippen molar-refractivity contribution >= 4 is 5.57 Å². The maximum absolute atomic E-state index is 14.6. The number of allylic oxidation sites excluding steroid dienone is 1. The molecule has 2 heteroatoms. The Morgan fingerprint density at radius 3 is 2.06 bits per heavy atom. The SMILES string of the molecule is C=C(CC)c1ccc(CCC2CCC(C3CCC4CC(CCC)CCC4C3)CC2)c(F)c1F. The molecule has 3 fully saturated rings. The van der Waals surface area contributed by atoms with E-state index in [4.69, 9.17) is 0 Å². The second kappa shape index (κ2) is 11.5. The van der Waals surface area contributed by atoms with Gasteiger partial charge in [-0.15, -0.1) is 0 Å². The molecule has 0 heterocycles. The summed E-state index contributed by atoms with van der Waals surface area (Å²) in [7, 11) is 0. The third kappa shape index (κ3) is 5.91. The van der Waals surface area contributed by atoms with Gasteiger partial charge in [0.1, 0.15) is 0 Å². The number of hydrogen-bond donors (Lipinski definition) is 0. The lowest BCUT2D eigenvalue weighted by Crippen LogP contribution is -2.34. The molecule has 33 heavy (non-hydrogen) atoms. The maximum atomic E-state index is 14.6. The minimum absolute atomic E-state index is 0.341.